The Kier molecular flexibility index (Phi) is 3.04. The highest BCUT2D eigenvalue weighted by Gasteiger charge is 2.26. The smallest absolute Gasteiger partial charge is 0.195 e. The van der Waals surface area contributed by atoms with Crippen LogP contribution in [0.15, 0.2) is 42.5 Å². The Morgan fingerprint density at radius 3 is 2.76 bits per heavy atom. The fraction of sp³-hybridized carbons (Fsp3) is 0.0588. The van der Waals surface area contributed by atoms with E-state index in [9.17, 15) is 4.79 Å². The Bertz CT molecular complexity index is 918. The van der Waals surface area contributed by atoms with Crippen molar-refractivity contribution in [1.82, 2.24) is 4.98 Å². The first-order valence-electron chi connectivity index (χ1n) is 6.45. The number of halogens is 1. The highest BCUT2D eigenvalue weighted by Crippen LogP contribution is 2.32. The van der Waals surface area contributed by atoms with Crippen LogP contribution in [0.2, 0.25) is 0 Å². The highest BCUT2D eigenvalue weighted by molar-refractivity contribution is 6.19. The second kappa shape index (κ2) is 4.76. The normalized spacial score (nSPS) is 12.2. The van der Waals surface area contributed by atoms with Crippen LogP contribution < -0.4 is 0 Å². The third-order valence-electron chi connectivity index (χ3n) is 3.86. The van der Waals surface area contributed by atoms with Gasteiger partial charge < -0.3 is 4.98 Å². The van der Waals surface area contributed by atoms with Crippen molar-refractivity contribution in [3.63, 3.8) is 0 Å². The molecule has 1 heterocycles. The number of hydrogen-bond acceptors (Lipinski definition) is 2. The minimum absolute atomic E-state index is 0. The number of carbonyl (C=O) groups excluding carboxylic acids is 1. The molecule has 1 aliphatic rings. The number of benzene rings is 2. The molecule has 0 saturated carbocycles. The van der Waals surface area contributed by atoms with Crippen molar-refractivity contribution < 1.29 is 4.79 Å². The van der Waals surface area contributed by atoms with Crippen LogP contribution in [0, 0.1) is 11.3 Å². The molecule has 3 nitrogen and oxygen atoms in total. The van der Waals surface area contributed by atoms with Gasteiger partial charge >= 0.3 is 0 Å². The molecule has 2 aromatic carbocycles. The lowest BCUT2D eigenvalue weighted by Gasteiger charge is -2.14. The van der Waals surface area contributed by atoms with Crippen LogP contribution in [0.1, 0.15) is 32.7 Å². The van der Waals surface area contributed by atoms with E-state index in [-0.39, 0.29) is 18.2 Å². The number of aromatic nitrogens is 1. The van der Waals surface area contributed by atoms with Crippen LogP contribution in [0.4, 0.5) is 0 Å². The number of nitrogens with one attached hydrogen (secondary N) is 1. The topological polar surface area (TPSA) is 56.6 Å². The zero-order valence-electron chi connectivity index (χ0n) is 11.0. The molecule has 0 aliphatic heterocycles. The molecule has 0 spiro atoms. The Balaban J connectivity index is 0.00000132. The van der Waals surface area contributed by atoms with Crippen molar-refractivity contribution in [2.24, 2.45) is 0 Å². The summed E-state index contributed by atoms with van der Waals surface area (Å²) in [6.07, 6.45) is 0.730. The third-order valence-corrected chi connectivity index (χ3v) is 3.86. The first kappa shape index (κ1) is 13.4. The monoisotopic (exact) mass is 294 g/mol. The summed E-state index contributed by atoms with van der Waals surface area (Å²) in [5.41, 5.74) is 4.99. The van der Waals surface area contributed by atoms with Gasteiger partial charge in [0.05, 0.1) is 17.2 Å². The molecule has 0 unspecified atom stereocenters. The average molecular weight is 295 g/mol. The maximum Gasteiger partial charge on any atom is 0.195 e. The van der Waals surface area contributed by atoms with E-state index in [0.29, 0.717) is 5.56 Å². The van der Waals surface area contributed by atoms with Crippen LogP contribution in [0.3, 0.4) is 0 Å². The number of H-pyrrole nitrogens is 1. The number of hydrogen-bond donors (Lipinski definition) is 1. The van der Waals surface area contributed by atoms with E-state index >= 15 is 0 Å². The van der Waals surface area contributed by atoms with Gasteiger partial charge in [-0.15, -0.1) is 12.4 Å². The molecule has 0 amide bonds. The van der Waals surface area contributed by atoms with Gasteiger partial charge in [-0.1, -0.05) is 30.3 Å². The summed E-state index contributed by atoms with van der Waals surface area (Å²) < 4.78 is 0. The average Bonchev–Trinajstić information content (AvgIpc) is 2.84. The number of nitrogens with zero attached hydrogens (tertiary/aromatic N) is 1. The van der Waals surface area contributed by atoms with E-state index in [4.69, 9.17) is 5.26 Å². The minimum atomic E-state index is 0. The molecule has 0 saturated heterocycles. The zero-order chi connectivity index (χ0) is 13.7. The Labute approximate surface area is 127 Å². The molecule has 0 radical (unpaired) electrons. The van der Waals surface area contributed by atoms with Crippen molar-refractivity contribution in [3.05, 3.63) is 70.4 Å². The number of nitriles is 1. The maximum absolute atomic E-state index is 12.7. The second-order valence-corrected chi connectivity index (χ2v) is 5.01. The lowest BCUT2D eigenvalue weighted by atomic mass is 9.88. The molecule has 1 aromatic heterocycles. The van der Waals surface area contributed by atoms with E-state index in [1.165, 1.54) is 0 Å². The SMILES string of the molecule is Cl.N#Cc1ccc2c3c([nH]c2c1)Cc1ccccc1C3=O. The molecule has 0 bridgehead atoms. The number of fused-ring (bicyclic) bond motifs is 4. The van der Waals surface area contributed by atoms with Crippen molar-refractivity contribution >= 4 is 29.1 Å². The molecular weight excluding hydrogens is 284 g/mol. The summed E-state index contributed by atoms with van der Waals surface area (Å²) in [4.78, 5) is 15.9. The largest absolute Gasteiger partial charge is 0.357 e. The van der Waals surface area contributed by atoms with Crippen molar-refractivity contribution in [1.29, 1.82) is 5.26 Å². The predicted molar refractivity (Wildman–Crippen MR) is 82.9 cm³/mol. The van der Waals surface area contributed by atoms with Crippen LogP contribution in [0.5, 0.6) is 0 Å². The molecule has 4 heteroatoms. The molecule has 0 atom stereocenters. The predicted octanol–water partition coefficient (Wildman–Crippen LogP) is 3.60. The van der Waals surface area contributed by atoms with Gasteiger partial charge in [0, 0.05) is 28.6 Å². The Hall–Kier alpha value is -2.57. The van der Waals surface area contributed by atoms with Crippen LogP contribution in [-0.4, -0.2) is 10.8 Å². The van der Waals surface area contributed by atoms with Gasteiger partial charge in [0.25, 0.3) is 0 Å². The van der Waals surface area contributed by atoms with Crippen LogP contribution >= 0.6 is 12.4 Å². The third kappa shape index (κ3) is 1.84. The highest BCUT2D eigenvalue weighted by atomic mass is 35.5. The van der Waals surface area contributed by atoms with Gasteiger partial charge in [-0.05, 0) is 17.7 Å². The molecular formula is C17H11ClN2O. The quantitative estimate of drug-likeness (QED) is 0.539. The Morgan fingerprint density at radius 2 is 1.95 bits per heavy atom. The minimum Gasteiger partial charge on any atom is -0.357 e. The lowest BCUT2D eigenvalue weighted by molar-refractivity contribution is 0.103. The summed E-state index contributed by atoms with van der Waals surface area (Å²) in [6, 6.07) is 15.2. The van der Waals surface area contributed by atoms with Crippen molar-refractivity contribution in [2.45, 2.75) is 6.42 Å². The van der Waals surface area contributed by atoms with Gasteiger partial charge in [0.15, 0.2) is 5.78 Å². The summed E-state index contributed by atoms with van der Waals surface area (Å²) in [5.74, 6) is 0.0674. The fourth-order valence-electron chi connectivity index (χ4n) is 2.94. The fourth-order valence-corrected chi connectivity index (χ4v) is 2.94. The summed E-state index contributed by atoms with van der Waals surface area (Å²) in [7, 11) is 0. The molecule has 0 fully saturated rings. The van der Waals surface area contributed by atoms with Gasteiger partial charge in [-0.2, -0.15) is 5.26 Å². The molecule has 102 valence electrons. The van der Waals surface area contributed by atoms with Crippen molar-refractivity contribution in [3.8, 4) is 6.07 Å². The van der Waals surface area contributed by atoms with Gasteiger partial charge in [0.2, 0.25) is 0 Å². The number of rotatable bonds is 0. The van der Waals surface area contributed by atoms with Crippen LogP contribution in [-0.2, 0) is 6.42 Å². The van der Waals surface area contributed by atoms with Crippen LogP contribution in [0.25, 0.3) is 10.9 Å². The second-order valence-electron chi connectivity index (χ2n) is 5.01. The zero-order valence-corrected chi connectivity index (χ0v) is 11.8. The molecule has 3 aromatic rings. The standard InChI is InChI=1S/C17H10N2O.ClH/c18-9-10-5-6-13-14(7-10)19-15-8-11-3-1-2-4-12(11)17(20)16(13)15;/h1-7,19H,8H2;1H. The van der Waals surface area contributed by atoms with Gasteiger partial charge in [0.1, 0.15) is 0 Å². The number of aromatic amines is 1. The summed E-state index contributed by atoms with van der Waals surface area (Å²) in [6.45, 7) is 0. The molecule has 21 heavy (non-hydrogen) atoms. The van der Waals surface area contributed by atoms with E-state index < -0.39 is 0 Å². The first-order chi connectivity index (χ1) is 9.78. The first-order valence-corrected chi connectivity index (χ1v) is 6.45. The van der Waals surface area contributed by atoms with E-state index in [2.05, 4.69) is 11.1 Å². The molecule has 1 aliphatic carbocycles. The Morgan fingerprint density at radius 1 is 1.14 bits per heavy atom. The summed E-state index contributed by atoms with van der Waals surface area (Å²) in [5, 5.41) is 9.86. The number of carbonyl (C=O) groups is 1. The van der Waals surface area contributed by atoms with Gasteiger partial charge in [-0.3, -0.25) is 4.79 Å². The van der Waals surface area contributed by atoms with E-state index in [1.54, 1.807) is 12.1 Å². The maximum atomic E-state index is 12.7. The summed E-state index contributed by atoms with van der Waals surface area (Å²) >= 11 is 0. The molecule has 1 N–H and O–H groups in total. The van der Waals surface area contributed by atoms with Gasteiger partial charge in [-0.25, -0.2) is 0 Å². The lowest BCUT2D eigenvalue weighted by Crippen LogP contribution is -2.13. The van der Waals surface area contributed by atoms with E-state index in [0.717, 1.165) is 39.7 Å². The van der Waals surface area contributed by atoms with E-state index in [1.807, 2.05) is 30.3 Å². The van der Waals surface area contributed by atoms with Crippen molar-refractivity contribution in [2.75, 3.05) is 0 Å². The molecule has 4 rings (SSSR count). The number of ketones is 1.